The van der Waals surface area contributed by atoms with Gasteiger partial charge < -0.3 is 14.2 Å². The fourth-order valence-electron chi connectivity index (χ4n) is 3.53. The number of carbonyl (C=O) groups is 1. The number of methoxy groups -OCH3 is 1. The average Bonchev–Trinajstić information content (AvgIpc) is 3.35. The molecule has 1 amide bonds. The number of thioether (sulfide) groups is 1. The fraction of sp³-hybridized carbons (Fsp3) is 0.111. The summed E-state index contributed by atoms with van der Waals surface area (Å²) in [7, 11) is 1.61. The van der Waals surface area contributed by atoms with Gasteiger partial charge in [-0.2, -0.15) is 15.1 Å². The fourth-order valence-corrected chi connectivity index (χ4v) is 4.42. The van der Waals surface area contributed by atoms with Crippen LogP contribution in [0.2, 0.25) is 0 Å². The number of rotatable bonds is 8. The molecule has 2 aliphatic rings. The van der Waals surface area contributed by atoms with Crippen molar-refractivity contribution in [3.05, 3.63) is 95.6 Å². The van der Waals surface area contributed by atoms with Crippen molar-refractivity contribution >= 4 is 39.8 Å². The molecule has 2 heterocycles. The number of amidine groups is 2. The maximum atomic E-state index is 12.7. The topological polar surface area (TPSA) is 96.6 Å². The Morgan fingerprint density at radius 1 is 0.917 bits per heavy atom. The van der Waals surface area contributed by atoms with E-state index in [2.05, 4.69) is 10.1 Å². The Labute approximate surface area is 212 Å². The van der Waals surface area contributed by atoms with Gasteiger partial charge in [0.1, 0.15) is 35.5 Å². The zero-order chi connectivity index (χ0) is 24.9. The van der Waals surface area contributed by atoms with E-state index in [0.29, 0.717) is 34.9 Å². The van der Waals surface area contributed by atoms with Crippen LogP contribution >= 0.6 is 11.8 Å². The summed E-state index contributed by atoms with van der Waals surface area (Å²) >= 11 is 1.28. The molecule has 36 heavy (non-hydrogen) atoms. The second-order valence-electron chi connectivity index (χ2n) is 7.74. The molecule has 0 saturated carbocycles. The minimum atomic E-state index is -0.460. The molecule has 0 spiro atoms. The zero-order valence-corrected chi connectivity index (χ0v) is 20.2. The summed E-state index contributed by atoms with van der Waals surface area (Å²) < 4.78 is 16.6. The second-order valence-corrected chi connectivity index (χ2v) is 8.69. The minimum Gasteiger partial charge on any atom is -0.497 e. The molecular formula is C27H22N4O4S. The van der Waals surface area contributed by atoms with Crippen LogP contribution in [0.5, 0.6) is 17.2 Å². The SMILES string of the molecule is COc1cccc(OCCOc2ccc(C=C3C(=N)N4N=C(c5ccccc5)SC4=NC3=O)cc2)c1. The van der Waals surface area contributed by atoms with E-state index in [4.69, 9.17) is 19.6 Å². The van der Waals surface area contributed by atoms with Crippen molar-refractivity contribution in [2.75, 3.05) is 20.3 Å². The number of carbonyl (C=O) groups excluding carboxylic acids is 1. The van der Waals surface area contributed by atoms with Crippen LogP contribution < -0.4 is 14.2 Å². The van der Waals surface area contributed by atoms with Gasteiger partial charge in [-0.1, -0.05) is 48.5 Å². The maximum Gasteiger partial charge on any atom is 0.283 e. The third-order valence-corrected chi connectivity index (χ3v) is 6.29. The molecule has 3 aromatic rings. The van der Waals surface area contributed by atoms with Crippen molar-refractivity contribution in [3.8, 4) is 17.2 Å². The van der Waals surface area contributed by atoms with Crippen molar-refractivity contribution in [3.63, 3.8) is 0 Å². The van der Waals surface area contributed by atoms with Crippen LogP contribution in [-0.2, 0) is 4.79 Å². The van der Waals surface area contributed by atoms with Crippen molar-refractivity contribution in [2.24, 2.45) is 10.1 Å². The summed E-state index contributed by atoms with van der Waals surface area (Å²) in [5.74, 6) is 1.65. The third kappa shape index (κ3) is 5.16. The van der Waals surface area contributed by atoms with E-state index in [0.717, 1.165) is 16.9 Å². The van der Waals surface area contributed by atoms with Crippen LogP contribution in [-0.4, -0.2) is 47.3 Å². The number of benzene rings is 3. The predicted molar refractivity (Wildman–Crippen MR) is 141 cm³/mol. The van der Waals surface area contributed by atoms with Gasteiger partial charge in [0.15, 0.2) is 5.84 Å². The quantitative estimate of drug-likeness (QED) is 0.353. The lowest BCUT2D eigenvalue weighted by atomic mass is 10.1. The number of nitrogens with one attached hydrogen (secondary N) is 1. The smallest absolute Gasteiger partial charge is 0.283 e. The van der Waals surface area contributed by atoms with Gasteiger partial charge in [0.2, 0.25) is 5.17 Å². The van der Waals surface area contributed by atoms with E-state index < -0.39 is 5.91 Å². The van der Waals surface area contributed by atoms with Crippen LogP contribution in [0.1, 0.15) is 11.1 Å². The molecule has 5 rings (SSSR count). The Kier molecular flexibility index (Phi) is 6.81. The molecule has 0 bridgehead atoms. The summed E-state index contributed by atoms with van der Waals surface area (Å²) in [6.07, 6.45) is 1.64. The first-order valence-corrected chi connectivity index (χ1v) is 12.0. The summed E-state index contributed by atoms with van der Waals surface area (Å²) in [6, 6.07) is 24.3. The van der Waals surface area contributed by atoms with E-state index in [1.54, 1.807) is 25.3 Å². The van der Waals surface area contributed by atoms with Gasteiger partial charge in [0.05, 0.1) is 12.7 Å². The summed E-state index contributed by atoms with van der Waals surface area (Å²) in [5, 5.41) is 15.5. The molecule has 0 unspecified atom stereocenters. The first-order chi connectivity index (χ1) is 17.6. The largest absolute Gasteiger partial charge is 0.497 e. The first-order valence-electron chi connectivity index (χ1n) is 11.2. The molecule has 0 aromatic heterocycles. The highest BCUT2D eigenvalue weighted by Crippen LogP contribution is 2.31. The van der Waals surface area contributed by atoms with E-state index in [1.807, 2.05) is 66.7 Å². The van der Waals surface area contributed by atoms with Crippen LogP contribution in [0.15, 0.2) is 94.5 Å². The molecule has 8 nitrogen and oxygen atoms in total. The van der Waals surface area contributed by atoms with E-state index in [1.165, 1.54) is 16.8 Å². The number of fused-ring (bicyclic) bond motifs is 1. The molecule has 0 fully saturated rings. The maximum absolute atomic E-state index is 12.7. The average molecular weight is 499 g/mol. The van der Waals surface area contributed by atoms with Crippen LogP contribution in [0.3, 0.4) is 0 Å². The van der Waals surface area contributed by atoms with Crippen molar-refractivity contribution in [2.45, 2.75) is 0 Å². The highest BCUT2D eigenvalue weighted by Gasteiger charge is 2.35. The molecule has 1 N–H and O–H groups in total. The minimum absolute atomic E-state index is 0.00144. The van der Waals surface area contributed by atoms with Gasteiger partial charge in [-0.05, 0) is 47.7 Å². The lowest BCUT2D eigenvalue weighted by molar-refractivity contribution is -0.114. The number of hydrogen-bond acceptors (Lipinski definition) is 7. The highest BCUT2D eigenvalue weighted by molar-refractivity contribution is 8.27. The van der Waals surface area contributed by atoms with Crippen LogP contribution in [0.25, 0.3) is 6.08 Å². The number of amides is 1. The molecule has 2 aliphatic heterocycles. The van der Waals surface area contributed by atoms with Gasteiger partial charge in [-0.15, -0.1) is 0 Å². The summed E-state index contributed by atoms with van der Waals surface area (Å²) in [6.45, 7) is 0.747. The zero-order valence-electron chi connectivity index (χ0n) is 19.4. The van der Waals surface area contributed by atoms with Crippen molar-refractivity contribution < 1.29 is 19.0 Å². The number of nitrogens with zero attached hydrogens (tertiary/aromatic N) is 3. The monoisotopic (exact) mass is 498 g/mol. The highest BCUT2D eigenvalue weighted by atomic mass is 32.2. The molecule has 0 aliphatic carbocycles. The Morgan fingerprint density at radius 2 is 1.64 bits per heavy atom. The molecule has 0 atom stereocenters. The molecule has 0 radical (unpaired) electrons. The second kappa shape index (κ2) is 10.5. The Bertz CT molecular complexity index is 1380. The first kappa shape index (κ1) is 23.4. The number of hydrazone groups is 1. The number of ether oxygens (including phenoxy) is 3. The van der Waals surface area contributed by atoms with Crippen molar-refractivity contribution in [1.29, 1.82) is 5.41 Å². The van der Waals surface area contributed by atoms with Crippen molar-refractivity contribution in [1.82, 2.24) is 5.01 Å². The Hall–Kier alpha value is -4.37. The summed E-state index contributed by atoms with van der Waals surface area (Å²) in [5.41, 5.74) is 1.84. The lowest BCUT2D eigenvalue weighted by Crippen LogP contribution is -2.35. The van der Waals surface area contributed by atoms with Gasteiger partial charge in [0, 0.05) is 11.6 Å². The van der Waals surface area contributed by atoms with Crippen LogP contribution in [0, 0.1) is 5.41 Å². The van der Waals surface area contributed by atoms with Gasteiger partial charge in [0.25, 0.3) is 5.91 Å². The number of aliphatic imine (C=N–C) groups is 1. The van der Waals surface area contributed by atoms with Gasteiger partial charge >= 0.3 is 0 Å². The molecule has 180 valence electrons. The van der Waals surface area contributed by atoms with E-state index in [-0.39, 0.29) is 11.4 Å². The Morgan fingerprint density at radius 3 is 2.39 bits per heavy atom. The van der Waals surface area contributed by atoms with Gasteiger partial charge in [-0.3, -0.25) is 10.2 Å². The molecule has 9 heteroatoms. The molecule has 3 aromatic carbocycles. The van der Waals surface area contributed by atoms with Crippen LogP contribution in [0.4, 0.5) is 0 Å². The normalized spacial score (nSPS) is 15.9. The Balaban J connectivity index is 1.21. The number of hydrogen-bond donors (Lipinski definition) is 1. The molecule has 0 saturated heterocycles. The third-order valence-electron chi connectivity index (χ3n) is 5.33. The van der Waals surface area contributed by atoms with E-state index >= 15 is 0 Å². The summed E-state index contributed by atoms with van der Waals surface area (Å²) in [4.78, 5) is 16.8. The van der Waals surface area contributed by atoms with Gasteiger partial charge in [-0.25, -0.2) is 0 Å². The van der Waals surface area contributed by atoms with E-state index in [9.17, 15) is 4.79 Å². The lowest BCUT2D eigenvalue weighted by Gasteiger charge is -2.20. The predicted octanol–water partition coefficient (Wildman–Crippen LogP) is 4.82. The molecular weight excluding hydrogens is 476 g/mol. The standard InChI is InChI=1S/C27H22N4O4S/c1-33-21-8-5-9-22(17-21)35-15-14-34-20-12-10-18(11-13-20)16-23-24(28)31-27(29-25(23)32)36-26(30-31)19-6-3-2-4-7-19/h2-13,16-17,28H,14-15H2,1H3.